The molecule has 7 nitrogen and oxygen atoms in total. The van der Waals surface area contributed by atoms with Gasteiger partial charge in [-0.05, 0) is 36.2 Å². The van der Waals surface area contributed by atoms with Gasteiger partial charge in [0, 0.05) is 31.0 Å². The van der Waals surface area contributed by atoms with Gasteiger partial charge in [0.1, 0.15) is 5.69 Å². The van der Waals surface area contributed by atoms with Crippen LogP contribution in [0.2, 0.25) is 5.02 Å². The molecule has 0 radical (unpaired) electrons. The van der Waals surface area contributed by atoms with Crippen molar-refractivity contribution < 1.29 is 19.1 Å². The lowest BCUT2D eigenvalue weighted by Gasteiger charge is -2.15. The molecule has 0 fully saturated rings. The second-order valence-electron chi connectivity index (χ2n) is 5.62. The highest BCUT2D eigenvalue weighted by Gasteiger charge is 2.22. The number of hydrogen-bond acceptors (Lipinski definition) is 4. The van der Waals surface area contributed by atoms with E-state index in [-0.39, 0.29) is 11.6 Å². The minimum Gasteiger partial charge on any atom is -0.451 e. The fraction of sp³-hybridized carbons (Fsp3) is 0.235. The third kappa shape index (κ3) is 3.83. The zero-order valence-electron chi connectivity index (χ0n) is 13.5. The van der Waals surface area contributed by atoms with Crippen molar-refractivity contribution in [2.24, 2.45) is 0 Å². The van der Waals surface area contributed by atoms with E-state index in [4.69, 9.17) is 16.3 Å². The number of rotatable bonds is 4. The number of fused-ring (bicyclic) bond motifs is 1. The van der Waals surface area contributed by atoms with Crippen molar-refractivity contribution in [3.8, 4) is 0 Å². The fourth-order valence-corrected chi connectivity index (χ4v) is 2.86. The summed E-state index contributed by atoms with van der Waals surface area (Å²) in [6.07, 6.45) is 2.19. The molecule has 0 spiro atoms. The van der Waals surface area contributed by atoms with E-state index in [2.05, 4.69) is 10.3 Å². The van der Waals surface area contributed by atoms with Crippen LogP contribution in [0.1, 0.15) is 23.0 Å². The lowest BCUT2D eigenvalue weighted by molar-refractivity contribution is -0.119. The van der Waals surface area contributed by atoms with Crippen LogP contribution in [-0.4, -0.2) is 35.9 Å². The van der Waals surface area contributed by atoms with E-state index in [0.717, 1.165) is 17.7 Å². The number of nitrogens with one attached hydrogen (secondary N) is 2. The fourth-order valence-electron chi connectivity index (χ4n) is 2.70. The molecular formula is C17H16ClN3O4. The first-order valence-corrected chi connectivity index (χ1v) is 8.04. The Bertz CT molecular complexity index is 846. The Kier molecular flexibility index (Phi) is 4.76. The molecule has 0 atom stereocenters. The summed E-state index contributed by atoms with van der Waals surface area (Å²) in [7, 11) is 0. The van der Waals surface area contributed by atoms with Gasteiger partial charge in [-0.25, -0.2) is 4.79 Å². The Labute approximate surface area is 148 Å². The predicted octanol–water partition coefficient (Wildman–Crippen LogP) is 2.37. The Morgan fingerprint density at radius 1 is 1.32 bits per heavy atom. The van der Waals surface area contributed by atoms with Gasteiger partial charge in [0.05, 0.1) is 5.02 Å². The highest BCUT2D eigenvalue weighted by molar-refractivity contribution is 6.30. The van der Waals surface area contributed by atoms with Gasteiger partial charge < -0.3 is 19.9 Å². The molecule has 0 aliphatic carbocycles. The van der Waals surface area contributed by atoms with Crippen molar-refractivity contribution in [1.82, 2.24) is 4.98 Å². The van der Waals surface area contributed by atoms with Crippen LogP contribution in [0.15, 0.2) is 30.5 Å². The summed E-state index contributed by atoms with van der Waals surface area (Å²) in [5.41, 5.74) is 2.62. The first-order chi connectivity index (χ1) is 11.9. The van der Waals surface area contributed by atoms with Crippen LogP contribution in [0.25, 0.3) is 0 Å². The number of aromatic amines is 1. The van der Waals surface area contributed by atoms with E-state index >= 15 is 0 Å². The molecule has 3 rings (SSSR count). The number of aromatic nitrogens is 1. The summed E-state index contributed by atoms with van der Waals surface area (Å²) in [5.74, 6) is -1.12. The largest absolute Gasteiger partial charge is 0.451 e. The highest BCUT2D eigenvalue weighted by atomic mass is 35.5. The quantitative estimate of drug-likeness (QED) is 0.818. The van der Waals surface area contributed by atoms with Gasteiger partial charge in [0.15, 0.2) is 6.61 Å². The predicted molar refractivity (Wildman–Crippen MR) is 92.9 cm³/mol. The van der Waals surface area contributed by atoms with Crippen LogP contribution in [-0.2, 0) is 20.7 Å². The second-order valence-corrected chi connectivity index (χ2v) is 6.06. The second kappa shape index (κ2) is 6.98. The van der Waals surface area contributed by atoms with Crippen molar-refractivity contribution in [1.29, 1.82) is 0 Å². The molecule has 2 amide bonds. The zero-order valence-corrected chi connectivity index (χ0v) is 14.2. The molecular weight excluding hydrogens is 346 g/mol. The van der Waals surface area contributed by atoms with Crippen molar-refractivity contribution in [2.45, 2.75) is 13.3 Å². The monoisotopic (exact) mass is 361 g/mol. The standard InChI is InChI=1S/C17H16ClN3O4/c1-10(22)21-5-4-11-6-13(2-3-15(11)21)20-16(23)9-25-17(24)14-7-12(18)8-19-14/h2-3,6-8,19H,4-5,9H2,1H3,(H,20,23). The van der Waals surface area contributed by atoms with Gasteiger partial charge >= 0.3 is 5.97 Å². The zero-order chi connectivity index (χ0) is 18.0. The Morgan fingerprint density at radius 2 is 2.12 bits per heavy atom. The molecule has 2 heterocycles. The van der Waals surface area contributed by atoms with Crippen LogP contribution in [0.5, 0.6) is 0 Å². The minimum atomic E-state index is -0.659. The number of hydrogen-bond donors (Lipinski definition) is 2. The summed E-state index contributed by atoms with van der Waals surface area (Å²) in [6, 6.07) is 6.75. The number of benzene rings is 1. The number of amides is 2. The highest BCUT2D eigenvalue weighted by Crippen LogP contribution is 2.30. The smallest absolute Gasteiger partial charge is 0.355 e. The van der Waals surface area contributed by atoms with E-state index in [1.54, 1.807) is 17.0 Å². The maximum Gasteiger partial charge on any atom is 0.355 e. The molecule has 1 aliphatic rings. The summed E-state index contributed by atoms with van der Waals surface area (Å²) in [4.78, 5) is 39.6. The number of esters is 1. The lowest BCUT2D eigenvalue weighted by atomic mass is 10.1. The first kappa shape index (κ1) is 17.0. The van der Waals surface area contributed by atoms with Crippen molar-refractivity contribution in [3.63, 3.8) is 0 Å². The van der Waals surface area contributed by atoms with Gasteiger partial charge in [-0.2, -0.15) is 0 Å². The van der Waals surface area contributed by atoms with Gasteiger partial charge in [-0.1, -0.05) is 11.6 Å². The molecule has 8 heteroatoms. The van der Waals surface area contributed by atoms with Gasteiger partial charge in [0.25, 0.3) is 5.91 Å². The minimum absolute atomic E-state index is 0.00753. The van der Waals surface area contributed by atoms with Gasteiger partial charge in [-0.3, -0.25) is 9.59 Å². The normalized spacial score (nSPS) is 12.6. The molecule has 25 heavy (non-hydrogen) atoms. The number of ether oxygens (including phenoxy) is 1. The summed E-state index contributed by atoms with van der Waals surface area (Å²) in [5, 5.41) is 3.06. The number of halogens is 1. The van der Waals surface area contributed by atoms with E-state index in [1.165, 1.54) is 19.2 Å². The van der Waals surface area contributed by atoms with Crippen LogP contribution < -0.4 is 10.2 Å². The average molecular weight is 362 g/mol. The third-order valence-electron chi connectivity index (χ3n) is 3.84. The molecule has 130 valence electrons. The van der Waals surface area contributed by atoms with E-state index in [1.807, 2.05) is 6.07 Å². The van der Waals surface area contributed by atoms with E-state index in [0.29, 0.717) is 17.3 Å². The van der Waals surface area contributed by atoms with Crippen molar-refractivity contribution >= 4 is 40.8 Å². The summed E-state index contributed by atoms with van der Waals surface area (Å²) < 4.78 is 4.92. The summed E-state index contributed by atoms with van der Waals surface area (Å²) in [6.45, 7) is 1.75. The first-order valence-electron chi connectivity index (χ1n) is 7.66. The molecule has 0 saturated heterocycles. The SMILES string of the molecule is CC(=O)N1CCc2cc(NC(=O)COC(=O)c3cc(Cl)c[nH]3)ccc21. The number of nitrogens with zero attached hydrogens (tertiary/aromatic N) is 1. The third-order valence-corrected chi connectivity index (χ3v) is 4.06. The molecule has 2 N–H and O–H groups in total. The lowest BCUT2D eigenvalue weighted by Crippen LogP contribution is -2.25. The van der Waals surface area contributed by atoms with E-state index in [9.17, 15) is 14.4 Å². The van der Waals surface area contributed by atoms with Crippen LogP contribution >= 0.6 is 11.6 Å². The molecule has 1 aliphatic heterocycles. The van der Waals surface area contributed by atoms with Gasteiger partial charge in [-0.15, -0.1) is 0 Å². The number of anilines is 2. The van der Waals surface area contributed by atoms with Crippen molar-refractivity contribution in [2.75, 3.05) is 23.4 Å². The topological polar surface area (TPSA) is 91.5 Å². The molecule has 1 aromatic heterocycles. The molecule has 1 aromatic carbocycles. The number of H-pyrrole nitrogens is 1. The van der Waals surface area contributed by atoms with E-state index < -0.39 is 18.5 Å². The molecule has 0 bridgehead atoms. The van der Waals surface area contributed by atoms with Crippen LogP contribution in [0.3, 0.4) is 0 Å². The average Bonchev–Trinajstić information content (AvgIpc) is 3.18. The van der Waals surface area contributed by atoms with Crippen molar-refractivity contribution in [3.05, 3.63) is 46.7 Å². The number of carbonyl (C=O) groups excluding carboxylic acids is 3. The molecule has 2 aromatic rings. The van der Waals surface area contributed by atoms with Gasteiger partial charge in [0.2, 0.25) is 5.91 Å². The Morgan fingerprint density at radius 3 is 2.80 bits per heavy atom. The molecule has 0 unspecified atom stereocenters. The molecule has 0 saturated carbocycles. The van der Waals surface area contributed by atoms with Crippen LogP contribution in [0.4, 0.5) is 11.4 Å². The van der Waals surface area contributed by atoms with Crippen LogP contribution in [0, 0.1) is 0 Å². The Balaban J connectivity index is 1.57. The maximum atomic E-state index is 11.9. The number of carbonyl (C=O) groups is 3. The maximum absolute atomic E-state index is 11.9. The Hall–Kier alpha value is -2.80. The summed E-state index contributed by atoms with van der Waals surface area (Å²) >= 11 is 5.71.